The minimum atomic E-state index is -0.591. The van der Waals surface area contributed by atoms with E-state index in [2.05, 4.69) is 31.1 Å². The van der Waals surface area contributed by atoms with Gasteiger partial charge in [-0.05, 0) is 23.1 Å². The Hall–Kier alpha value is -3.69. The number of hydrogen-bond donors (Lipinski definition) is 1. The minimum absolute atomic E-state index is 0.0114. The number of aryl methyl sites for hydroxylation is 2. The van der Waals surface area contributed by atoms with E-state index in [1.165, 1.54) is 29.6 Å². The average molecular weight is 441 g/mol. The van der Waals surface area contributed by atoms with Crippen molar-refractivity contribution in [2.75, 3.05) is 11.9 Å². The van der Waals surface area contributed by atoms with Crippen LogP contribution in [0.3, 0.4) is 0 Å². The summed E-state index contributed by atoms with van der Waals surface area (Å²) in [6.07, 6.45) is 1.33. The van der Waals surface area contributed by atoms with Gasteiger partial charge in [0.25, 0.3) is 11.5 Å². The van der Waals surface area contributed by atoms with Gasteiger partial charge >= 0.3 is 11.7 Å². The maximum atomic E-state index is 12.4. The summed E-state index contributed by atoms with van der Waals surface area (Å²) in [7, 11) is 2.90. The van der Waals surface area contributed by atoms with Crippen molar-refractivity contribution in [3.8, 4) is 0 Å². The van der Waals surface area contributed by atoms with Gasteiger partial charge in [-0.3, -0.25) is 23.5 Å². The lowest BCUT2D eigenvalue weighted by molar-refractivity contribution is -0.147. The lowest BCUT2D eigenvalue weighted by Crippen LogP contribution is -2.37. The third-order valence-corrected chi connectivity index (χ3v) is 5.17. The fraction of sp³-hybridized carbons (Fsp3) is 0.409. The Morgan fingerprint density at radius 1 is 1.06 bits per heavy atom. The summed E-state index contributed by atoms with van der Waals surface area (Å²) >= 11 is 0. The lowest BCUT2D eigenvalue weighted by atomic mass is 9.87. The number of carbonyl (C=O) groups excluding carboxylic acids is 2. The van der Waals surface area contributed by atoms with Gasteiger partial charge in [0.15, 0.2) is 17.8 Å². The van der Waals surface area contributed by atoms with E-state index >= 15 is 0 Å². The van der Waals surface area contributed by atoms with Gasteiger partial charge in [0.2, 0.25) is 0 Å². The number of aromatic nitrogens is 4. The number of carbonyl (C=O) groups is 2. The molecule has 0 saturated carbocycles. The summed E-state index contributed by atoms with van der Waals surface area (Å²) in [5, 5.41) is 2.69. The highest BCUT2D eigenvalue weighted by Gasteiger charge is 2.16. The maximum absolute atomic E-state index is 12.4. The van der Waals surface area contributed by atoms with Crippen LogP contribution >= 0.6 is 0 Å². The molecule has 10 nitrogen and oxygen atoms in total. The van der Waals surface area contributed by atoms with Crippen LogP contribution in [0.4, 0.5) is 5.69 Å². The van der Waals surface area contributed by atoms with Crippen molar-refractivity contribution in [2.24, 2.45) is 14.1 Å². The number of fused-ring (bicyclic) bond motifs is 1. The molecule has 3 rings (SSSR count). The Balaban J connectivity index is 1.55. The highest BCUT2D eigenvalue weighted by molar-refractivity contribution is 5.92. The minimum Gasteiger partial charge on any atom is -0.456 e. The number of rotatable bonds is 6. The quantitative estimate of drug-likeness (QED) is 0.577. The summed E-state index contributed by atoms with van der Waals surface area (Å²) in [6, 6.07) is 7.49. The van der Waals surface area contributed by atoms with Crippen molar-refractivity contribution in [1.82, 2.24) is 18.7 Å². The molecule has 3 aromatic rings. The monoisotopic (exact) mass is 441 g/mol. The summed E-state index contributed by atoms with van der Waals surface area (Å²) in [5.74, 6) is -1.04. The number of nitrogens with one attached hydrogen (secondary N) is 1. The zero-order chi connectivity index (χ0) is 23.6. The molecule has 2 heterocycles. The van der Waals surface area contributed by atoms with Crippen molar-refractivity contribution >= 4 is 28.7 Å². The van der Waals surface area contributed by atoms with E-state index in [1.807, 2.05) is 12.1 Å². The van der Waals surface area contributed by atoms with E-state index in [4.69, 9.17) is 4.74 Å². The summed E-state index contributed by atoms with van der Waals surface area (Å²) < 4.78 is 8.78. The van der Waals surface area contributed by atoms with Crippen molar-refractivity contribution in [1.29, 1.82) is 0 Å². The second kappa shape index (κ2) is 8.81. The van der Waals surface area contributed by atoms with E-state index in [-0.39, 0.29) is 29.5 Å². The fourth-order valence-corrected chi connectivity index (χ4v) is 3.25. The van der Waals surface area contributed by atoms with Gasteiger partial charge in [-0.2, -0.15) is 0 Å². The second-order valence-electron chi connectivity index (χ2n) is 8.60. The number of amides is 1. The molecule has 32 heavy (non-hydrogen) atoms. The normalized spacial score (nSPS) is 11.5. The molecule has 0 aliphatic heterocycles. The summed E-state index contributed by atoms with van der Waals surface area (Å²) in [6.45, 7) is 6.02. The highest BCUT2D eigenvalue weighted by atomic mass is 16.5. The Morgan fingerprint density at radius 3 is 2.34 bits per heavy atom. The molecule has 0 aliphatic rings. The van der Waals surface area contributed by atoms with Crippen molar-refractivity contribution in [3.05, 3.63) is 57.0 Å². The average Bonchev–Trinajstić information content (AvgIpc) is 3.17. The Bertz CT molecular complexity index is 1280. The molecule has 1 N–H and O–H groups in total. The first kappa shape index (κ1) is 23.0. The number of esters is 1. The number of benzene rings is 1. The van der Waals surface area contributed by atoms with Crippen LogP contribution in [0.2, 0.25) is 0 Å². The Morgan fingerprint density at radius 2 is 1.72 bits per heavy atom. The van der Waals surface area contributed by atoms with Crippen LogP contribution in [-0.2, 0) is 40.4 Å². The number of nitrogens with zero attached hydrogens (tertiary/aromatic N) is 4. The molecule has 0 saturated heterocycles. The summed E-state index contributed by atoms with van der Waals surface area (Å²) in [5.41, 5.74) is 1.26. The zero-order valence-electron chi connectivity index (χ0n) is 18.8. The molecule has 1 amide bonds. The molecule has 0 radical (unpaired) electrons. The van der Waals surface area contributed by atoms with Gasteiger partial charge in [0.1, 0.15) is 0 Å². The van der Waals surface area contributed by atoms with Crippen LogP contribution in [0.25, 0.3) is 11.2 Å². The van der Waals surface area contributed by atoms with Crippen LogP contribution in [0, 0.1) is 0 Å². The molecule has 0 unspecified atom stereocenters. The van der Waals surface area contributed by atoms with Crippen molar-refractivity contribution in [2.45, 2.75) is 39.2 Å². The van der Waals surface area contributed by atoms with E-state index in [0.29, 0.717) is 5.69 Å². The molecule has 0 aliphatic carbocycles. The van der Waals surface area contributed by atoms with Gasteiger partial charge < -0.3 is 14.6 Å². The molecule has 10 heteroatoms. The SMILES string of the molecule is Cn1c(=O)c2c(ncn2CCC(=O)OCC(=O)Nc2ccc(C(C)(C)C)cc2)n(C)c1=O. The van der Waals surface area contributed by atoms with Crippen LogP contribution in [0.5, 0.6) is 0 Å². The fourth-order valence-electron chi connectivity index (χ4n) is 3.25. The van der Waals surface area contributed by atoms with Crippen LogP contribution in [0.1, 0.15) is 32.8 Å². The largest absolute Gasteiger partial charge is 0.456 e. The molecule has 0 spiro atoms. The zero-order valence-corrected chi connectivity index (χ0v) is 18.8. The van der Waals surface area contributed by atoms with Gasteiger partial charge in [0.05, 0.1) is 12.7 Å². The van der Waals surface area contributed by atoms with Crippen molar-refractivity contribution in [3.63, 3.8) is 0 Å². The molecule has 2 aromatic heterocycles. The molecule has 1 aromatic carbocycles. The number of imidazole rings is 1. The van der Waals surface area contributed by atoms with Crippen molar-refractivity contribution < 1.29 is 14.3 Å². The number of hydrogen-bond acceptors (Lipinski definition) is 6. The van der Waals surface area contributed by atoms with E-state index < -0.39 is 29.7 Å². The lowest BCUT2D eigenvalue weighted by Gasteiger charge is -2.19. The van der Waals surface area contributed by atoms with Gasteiger partial charge in [-0.15, -0.1) is 0 Å². The first-order chi connectivity index (χ1) is 15.0. The Kier molecular flexibility index (Phi) is 6.33. The first-order valence-corrected chi connectivity index (χ1v) is 10.2. The second-order valence-corrected chi connectivity index (χ2v) is 8.60. The Labute approximate surface area is 184 Å². The van der Waals surface area contributed by atoms with Gasteiger partial charge in [-0.25, -0.2) is 9.78 Å². The highest BCUT2D eigenvalue weighted by Crippen LogP contribution is 2.23. The van der Waals surface area contributed by atoms with E-state index in [0.717, 1.165) is 10.1 Å². The molecular weight excluding hydrogens is 414 g/mol. The topological polar surface area (TPSA) is 117 Å². The molecule has 0 fully saturated rings. The number of ether oxygens (including phenoxy) is 1. The first-order valence-electron chi connectivity index (χ1n) is 10.2. The third-order valence-electron chi connectivity index (χ3n) is 5.17. The smallest absolute Gasteiger partial charge is 0.332 e. The molecular formula is C22H27N5O5. The van der Waals surface area contributed by atoms with Gasteiger partial charge in [0, 0.05) is 26.3 Å². The predicted molar refractivity (Wildman–Crippen MR) is 120 cm³/mol. The predicted octanol–water partition coefficient (Wildman–Crippen LogP) is 1.30. The maximum Gasteiger partial charge on any atom is 0.332 e. The van der Waals surface area contributed by atoms with Crippen LogP contribution in [0.15, 0.2) is 40.2 Å². The molecule has 0 bridgehead atoms. The third kappa shape index (κ3) is 4.79. The molecule has 0 atom stereocenters. The van der Waals surface area contributed by atoms with Gasteiger partial charge in [-0.1, -0.05) is 32.9 Å². The summed E-state index contributed by atoms with van der Waals surface area (Å²) in [4.78, 5) is 52.7. The van der Waals surface area contributed by atoms with E-state index in [1.54, 1.807) is 12.1 Å². The van der Waals surface area contributed by atoms with Crippen LogP contribution < -0.4 is 16.6 Å². The number of anilines is 1. The molecule has 170 valence electrons. The van der Waals surface area contributed by atoms with E-state index in [9.17, 15) is 19.2 Å². The van der Waals surface area contributed by atoms with Crippen LogP contribution in [-0.4, -0.2) is 37.2 Å². The standard InChI is InChI=1S/C22H27N5O5/c1-22(2,3)14-6-8-15(9-7-14)24-16(28)12-32-17(29)10-11-27-13-23-19-18(27)20(30)26(5)21(31)25(19)4/h6-9,13H,10-12H2,1-5H3,(H,24,28).